The smallest absolute Gasteiger partial charge is 0.264 e. The monoisotopic (exact) mass is 976 g/mol. The fourth-order valence-corrected chi connectivity index (χ4v) is 9.89. The molecule has 0 fully saturated rings. The third-order valence-corrected chi connectivity index (χ3v) is 13.0. The molecule has 8 aromatic rings. The van der Waals surface area contributed by atoms with Gasteiger partial charge >= 0.3 is 0 Å². The molecule has 9 rings (SSSR count). The minimum atomic E-state index is -2.49. The number of fused-ring (bicyclic) bond motifs is 4. The maximum absolute atomic E-state index is 14.4. The summed E-state index contributed by atoms with van der Waals surface area (Å²) in [5.41, 5.74) is 12.4. The van der Waals surface area contributed by atoms with E-state index < -0.39 is 22.0 Å². The fourth-order valence-electron chi connectivity index (χ4n) is 7.70. The molecule has 0 atom stereocenters. The third kappa shape index (κ3) is 8.25. The van der Waals surface area contributed by atoms with Gasteiger partial charge in [-0.15, -0.1) is 53.6 Å². The van der Waals surface area contributed by atoms with Crippen LogP contribution in [0.1, 0.15) is 70.0 Å². The van der Waals surface area contributed by atoms with Gasteiger partial charge in [-0.2, -0.15) is 0 Å². The van der Waals surface area contributed by atoms with Crippen molar-refractivity contribution < 1.29 is 37.1 Å². The van der Waals surface area contributed by atoms with Gasteiger partial charge in [-0.3, -0.25) is 4.98 Å². The zero-order valence-electron chi connectivity index (χ0n) is 39.8. The summed E-state index contributed by atoms with van der Waals surface area (Å²) in [5, 5.41) is 0.969. The Balaban J connectivity index is 0.000000253. The van der Waals surface area contributed by atoms with Gasteiger partial charge in [0.2, 0.25) is 0 Å². The quantitative estimate of drug-likeness (QED) is 0.123. The largest absolute Gasteiger partial charge is 0.583 e. The number of hydrogen-bond donors (Lipinski definition) is 0. The summed E-state index contributed by atoms with van der Waals surface area (Å²) in [4.78, 5) is 9.35. The Morgan fingerprint density at radius 1 is 0.746 bits per heavy atom. The van der Waals surface area contributed by atoms with E-state index in [0.29, 0.717) is 11.3 Å². The number of imidazole rings is 1. The predicted octanol–water partition coefficient (Wildman–Crippen LogP) is 13.2. The summed E-state index contributed by atoms with van der Waals surface area (Å²) >= 11 is 0. The van der Waals surface area contributed by atoms with Crippen LogP contribution in [0.5, 0.6) is 5.75 Å². The summed E-state index contributed by atoms with van der Waals surface area (Å²) < 4.78 is 67.3. The molecule has 3 heterocycles. The van der Waals surface area contributed by atoms with E-state index in [2.05, 4.69) is 123 Å². The Labute approximate surface area is 371 Å². The van der Waals surface area contributed by atoms with Gasteiger partial charge in [-0.05, 0) is 112 Å². The van der Waals surface area contributed by atoms with Gasteiger partial charge in [0, 0.05) is 46.0 Å². The molecule has 1 radical (unpaired) electrons. The van der Waals surface area contributed by atoms with Gasteiger partial charge < -0.3 is 14.0 Å². The van der Waals surface area contributed by atoms with Gasteiger partial charge in [0.15, 0.2) is 0 Å². The van der Waals surface area contributed by atoms with Crippen molar-refractivity contribution in [1.29, 1.82) is 0 Å². The van der Waals surface area contributed by atoms with Crippen molar-refractivity contribution in [3.63, 3.8) is 0 Å². The number of hydrogen-bond acceptors (Lipinski definition) is 3. The average molecular weight is 976 g/mol. The van der Waals surface area contributed by atoms with Crippen LogP contribution in [-0.4, -0.2) is 22.9 Å². The number of para-hydroxylation sites is 2. The van der Waals surface area contributed by atoms with Gasteiger partial charge in [0.1, 0.15) is 5.82 Å². The third-order valence-electron chi connectivity index (χ3n) is 10.6. The molecule has 0 aliphatic carbocycles. The van der Waals surface area contributed by atoms with E-state index in [0.717, 1.165) is 44.5 Å². The second-order valence-corrected chi connectivity index (χ2v) is 19.5. The summed E-state index contributed by atoms with van der Waals surface area (Å²) in [6, 6.07) is 46.7. The van der Waals surface area contributed by atoms with Crippen molar-refractivity contribution in [2.45, 2.75) is 66.3 Å². The molecule has 59 heavy (non-hydrogen) atoms. The second kappa shape index (κ2) is 17.0. The van der Waals surface area contributed by atoms with E-state index in [1.165, 1.54) is 52.3 Å². The first kappa shape index (κ1) is 34.4. The Hall–Kier alpha value is -5.46. The van der Waals surface area contributed by atoms with Crippen LogP contribution in [0, 0.1) is 31.7 Å². The van der Waals surface area contributed by atoms with Crippen LogP contribution in [-0.2, 0) is 20.1 Å². The molecule has 0 bridgehead atoms. The Kier molecular flexibility index (Phi) is 9.93. The molecular formula is C52H48FIrN3OSi-2. The molecule has 6 aromatic carbocycles. The number of halogens is 1. The zero-order valence-corrected chi connectivity index (χ0v) is 37.2. The van der Waals surface area contributed by atoms with E-state index in [-0.39, 0.29) is 48.9 Å². The van der Waals surface area contributed by atoms with Crippen molar-refractivity contribution in [3.05, 3.63) is 174 Å². The summed E-state index contributed by atoms with van der Waals surface area (Å²) in [7, 11) is -2.49. The number of rotatable bonds is 6. The first-order chi connectivity index (χ1) is 30.3. The Morgan fingerprint density at radius 2 is 1.46 bits per heavy atom. The molecule has 0 unspecified atom stereocenters. The molecule has 4 nitrogen and oxygen atoms in total. The van der Waals surface area contributed by atoms with Crippen molar-refractivity contribution in [2.75, 3.05) is 0 Å². The number of nitrogens with zero attached hydrogens (tertiary/aromatic N) is 3. The number of pyridine rings is 1. The fraction of sp³-hybridized carbons (Fsp3) is 0.192. The molecule has 0 saturated carbocycles. The van der Waals surface area contributed by atoms with Crippen LogP contribution >= 0.6 is 0 Å². The Morgan fingerprint density at radius 3 is 2.12 bits per heavy atom. The van der Waals surface area contributed by atoms with E-state index >= 15 is 0 Å². The first-order valence-corrected chi connectivity index (χ1v) is 22.5. The average Bonchev–Trinajstić information content (AvgIpc) is 3.65. The van der Waals surface area contributed by atoms with Crippen molar-refractivity contribution in [1.82, 2.24) is 14.5 Å². The summed E-state index contributed by atoms with van der Waals surface area (Å²) in [6.07, 6.45) is 1.30. The van der Waals surface area contributed by atoms with Crippen LogP contribution in [0.2, 0.25) is 13.1 Å². The normalized spacial score (nSPS) is 14.5. The molecule has 7 heteroatoms. The zero-order chi connectivity index (χ0) is 45.7. The van der Waals surface area contributed by atoms with Crippen molar-refractivity contribution in [3.8, 4) is 56.3 Å². The van der Waals surface area contributed by atoms with E-state index in [1.807, 2.05) is 24.3 Å². The van der Waals surface area contributed by atoms with Crippen molar-refractivity contribution >= 4 is 24.5 Å². The maximum Gasteiger partial charge on any atom is 0.264 e. The predicted molar refractivity (Wildman–Crippen MR) is 240 cm³/mol. The summed E-state index contributed by atoms with van der Waals surface area (Å²) in [6.45, 7) is 8.98. The van der Waals surface area contributed by atoms with E-state index in [9.17, 15) is 4.39 Å². The first-order valence-electron chi connectivity index (χ1n) is 22.6. The van der Waals surface area contributed by atoms with Gasteiger partial charge in [-0.25, -0.2) is 4.39 Å². The molecular weight excluding hydrogens is 922 g/mol. The van der Waals surface area contributed by atoms with Crippen LogP contribution in [0.3, 0.4) is 0 Å². The molecule has 1 aliphatic rings. The number of benzene rings is 6. The van der Waals surface area contributed by atoms with Crippen LogP contribution in [0.15, 0.2) is 134 Å². The minimum Gasteiger partial charge on any atom is -0.583 e. The van der Waals surface area contributed by atoms with Crippen LogP contribution < -0.4 is 9.61 Å². The number of aryl methyl sites for hydroxylation is 2. The molecule has 0 amide bonds. The van der Waals surface area contributed by atoms with Crippen LogP contribution in [0.4, 0.5) is 4.39 Å². The summed E-state index contributed by atoms with van der Waals surface area (Å²) in [5.74, 6) is 1.87. The molecule has 2 aromatic heterocycles. The molecule has 299 valence electrons. The standard InChI is InChI=1S/C39H36FN2OSi.C13H12N.Ir/c1-24(2)32-21-27(26-13-8-7-9-14-26)22-33(25(3)4)37(32)42-35-18-11-10-17-34(35)41-39(42)31-16-12-15-30-29-20-19-28(40)23-36(29)44(5,6)43-38(30)31;1-10-3-6-12(7-4-10)13-8-5-11(2)9-14-13;/h7-15,17-25H,1-6H3;3-6,8-9H,1-2H3;/q2*-1;/i;1D3,2D3;. The number of aromatic nitrogens is 3. The van der Waals surface area contributed by atoms with Crippen molar-refractivity contribution in [2.24, 2.45) is 0 Å². The topological polar surface area (TPSA) is 39.9 Å². The van der Waals surface area contributed by atoms with E-state index in [4.69, 9.17) is 17.6 Å². The molecule has 0 N–H and O–H groups in total. The van der Waals surface area contributed by atoms with Gasteiger partial charge in [0.05, 0.1) is 16.9 Å². The molecule has 0 saturated heterocycles. The van der Waals surface area contributed by atoms with Crippen LogP contribution in [0.25, 0.3) is 61.6 Å². The molecule has 0 spiro atoms. The minimum absolute atomic E-state index is 0. The SMILES string of the molecule is CC(C)c1cc(-c2ccccc2)cc(C(C)C)c1-n1c(-c2[c-]ccc3c2O[Si](C)(C)c2cc(F)ccc2-3)nc2ccccc21.[2H]C([2H])([2H])c1c[c-]c(-c2ccc(C([2H])([2H])[2H])cn2)cc1.[Ir]. The van der Waals surface area contributed by atoms with Gasteiger partial charge in [0.25, 0.3) is 8.32 Å². The molecule has 1 aliphatic heterocycles. The van der Waals surface area contributed by atoms with E-state index in [1.54, 1.807) is 24.3 Å². The second-order valence-electron chi connectivity index (χ2n) is 15.8. The Bertz CT molecular complexity index is 2900. The van der Waals surface area contributed by atoms with Gasteiger partial charge in [-0.1, -0.05) is 106 Å². The maximum atomic E-state index is 14.4.